The van der Waals surface area contributed by atoms with Crippen molar-refractivity contribution in [3.8, 4) is 11.5 Å². The van der Waals surface area contributed by atoms with Crippen LogP contribution in [0.3, 0.4) is 0 Å². The highest BCUT2D eigenvalue weighted by Gasteiger charge is 2.21. The zero-order chi connectivity index (χ0) is 33.9. The molecule has 2 aromatic carbocycles. The Hall–Kier alpha value is -4.08. The van der Waals surface area contributed by atoms with Gasteiger partial charge in [-0.25, -0.2) is 0 Å². The minimum absolute atomic E-state index is 0.0587. The van der Waals surface area contributed by atoms with E-state index in [9.17, 15) is 29.4 Å². The van der Waals surface area contributed by atoms with Crippen molar-refractivity contribution in [1.82, 2.24) is 21.7 Å². The second-order valence-corrected chi connectivity index (χ2v) is 11.9. The number of unbranched alkanes of at least 4 members (excludes halogenated alkanes) is 5. The number of phenolic OH excluding ortho intramolecular Hbond substituents is 2. The number of para-hydroxylation sites is 2. The van der Waals surface area contributed by atoms with Crippen LogP contribution in [0.25, 0.3) is 0 Å². The van der Waals surface area contributed by atoms with Gasteiger partial charge in [0.2, 0.25) is 11.8 Å². The highest BCUT2D eigenvalue weighted by molar-refractivity contribution is 5.99. The highest BCUT2D eigenvalue weighted by Crippen LogP contribution is 2.26. The van der Waals surface area contributed by atoms with Crippen molar-refractivity contribution in [3.05, 3.63) is 58.7 Å². The topological polar surface area (TPSA) is 157 Å². The first kappa shape index (κ1) is 38.1. The van der Waals surface area contributed by atoms with E-state index in [1.165, 1.54) is 12.1 Å². The lowest BCUT2D eigenvalue weighted by Gasteiger charge is -2.18. The third kappa shape index (κ3) is 12.0. The summed E-state index contributed by atoms with van der Waals surface area (Å²) in [5.74, 6) is -2.53. The third-order valence-electron chi connectivity index (χ3n) is 8.51. The van der Waals surface area contributed by atoms with E-state index >= 15 is 0 Å². The maximum atomic E-state index is 12.8. The molecule has 0 bridgehead atoms. The maximum Gasteiger partial charge on any atom is 0.273 e. The van der Waals surface area contributed by atoms with Gasteiger partial charge in [0.05, 0.1) is 11.1 Å². The maximum absolute atomic E-state index is 12.8. The van der Waals surface area contributed by atoms with E-state index < -0.39 is 11.8 Å². The Balaban J connectivity index is 1.79. The van der Waals surface area contributed by atoms with E-state index in [0.29, 0.717) is 62.5 Å². The van der Waals surface area contributed by atoms with Crippen LogP contribution in [-0.4, -0.2) is 33.8 Å². The summed E-state index contributed by atoms with van der Waals surface area (Å²) in [6, 6.07) is 10.1. The number of benzene rings is 2. The molecule has 0 aliphatic heterocycles. The summed E-state index contributed by atoms with van der Waals surface area (Å²) in [5.41, 5.74) is 11.5. The zero-order valence-electron chi connectivity index (χ0n) is 28.0. The summed E-state index contributed by atoms with van der Waals surface area (Å²) in [6.07, 6.45) is 11.1. The van der Waals surface area contributed by atoms with Crippen molar-refractivity contribution < 1.29 is 29.4 Å². The summed E-state index contributed by atoms with van der Waals surface area (Å²) in [6.45, 7) is 8.01. The van der Waals surface area contributed by atoms with Gasteiger partial charge in [-0.2, -0.15) is 0 Å². The molecule has 10 heteroatoms. The fraction of sp³-hybridized carbons (Fsp3) is 0.556. The first-order chi connectivity index (χ1) is 22.2. The van der Waals surface area contributed by atoms with Gasteiger partial charge in [0.25, 0.3) is 11.8 Å². The van der Waals surface area contributed by atoms with Crippen LogP contribution in [0.5, 0.6) is 11.5 Å². The standard InChI is InChI=1S/C36H54N4O6/c1-5-9-11-19-27-21-15-23-29(31(27)41)35(45)39-37-33(43)25(7-3)17-13-14-18-26(8-4)34(44)38-40-36(46)30-24-16-22-28(32(30)42)20-12-10-6-2/h15-16,21-26,41-42H,5-14,17-20H2,1-4H3,(H,37,43)(H,38,44)(H,39,45)(H,40,46). The number of aromatic hydroxyl groups is 2. The molecule has 0 aliphatic carbocycles. The predicted molar refractivity (Wildman–Crippen MR) is 180 cm³/mol. The van der Waals surface area contributed by atoms with Gasteiger partial charge in [-0.05, 0) is 74.6 Å². The summed E-state index contributed by atoms with van der Waals surface area (Å²) in [4.78, 5) is 51.0. The molecule has 2 unspecified atom stereocenters. The molecule has 2 aromatic rings. The number of rotatable bonds is 19. The molecule has 0 radical (unpaired) electrons. The first-order valence-electron chi connectivity index (χ1n) is 17.0. The lowest BCUT2D eigenvalue weighted by atomic mass is 9.94. The van der Waals surface area contributed by atoms with Crippen molar-refractivity contribution in [1.29, 1.82) is 0 Å². The fourth-order valence-electron chi connectivity index (χ4n) is 5.48. The number of nitrogens with one attached hydrogen (secondary N) is 4. The Bertz CT molecular complexity index is 1180. The summed E-state index contributed by atoms with van der Waals surface area (Å²) >= 11 is 0. The van der Waals surface area contributed by atoms with Crippen molar-refractivity contribution in [2.24, 2.45) is 11.8 Å². The molecular formula is C36H54N4O6. The Morgan fingerprint density at radius 3 is 1.30 bits per heavy atom. The number of aryl methyl sites for hydroxylation is 2. The van der Waals surface area contributed by atoms with Crippen molar-refractivity contribution in [2.45, 2.75) is 118 Å². The van der Waals surface area contributed by atoms with E-state index in [-0.39, 0.29) is 46.3 Å². The summed E-state index contributed by atoms with van der Waals surface area (Å²) < 4.78 is 0. The molecule has 0 aliphatic rings. The molecule has 0 fully saturated rings. The van der Waals surface area contributed by atoms with E-state index in [4.69, 9.17) is 0 Å². The predicted octanol–water partition coefficient (Wildman–Crippen LogP) is 6.40. The van der Waals surface area contributed by atoms with Crippen molar-refractivity contribution in [3.63, 3.8) is 0 Å². The number of carbonyl (C=O) groups is 4. The highest BCUT2D eigenvalue weighted by atomic mass is 16.3. The van der Waals surface area contributed by atoms with Crippen LogP contribution in [0.4, 0.5) is 0 Å². The first-order valence-corrected chi connectivity index (χ1v) is 17.0. The summed E-state index contributed by atoms with van der Waals surface area (Å²) in [5, 5.41) is 21.1. The van der Waals surface area contributed by atoms with Crippen LogP contribution in [0, 0.1) is 11.8 Å². The second kappa shape index (κ2) is 20.9. The Labute approximate surface area is 274 Å². The van der Waals surface area contributed by atoms with Crippen molar-refractivity contribution >= 4 is 23.6 Å². The van der Waals surface area contributed by atoms with E-state index in [0.717, 1.165) is 38.5 Å². The quantitative estimate of drug-likeness (QED) is 0.0773. The van der Waals surface area contributed by atoms with Gasteiger partial charge in [0.15, 0.2) is 0 Å². The Morgan fingerprint density at radius 1 is 0.565 bits per heavy atom. The van der Waals surface area contributed by atoms with Crippen LogP contribution >= 0.6 is 0 Å². The van der Waals surface area contributed by atoms with Gasteiger partial charge in [-0.1, -0.05) is 90.5 Å². The van der Waals surface area contributed by atoms with Gasteiger partial charge in [-0.3, -0.25) is 40.9 Å². The average Bonchev–Trinajstić information content (AvgIpc) is 3.05. The molecule has 4 amide bonds. The molecule has 0 aromatic heterocycles. The molecule has 0 saturated heterocycles. The number of phenols is 2. The van der Waals surface area contributed by atoms with E-state index in [2.05, 4.69) is 35.6 Å². The molecule has 0 heterocycles. The average molecular weight is 639 g/mol. The van der Waals surface area contributed by atoms with Gasteiger partial charge in [0, 0.05) is 11.8 Å². The number of hydrogen-bond acceptors (Lipinski definition) is 6. The molecule has 0 saturated carbocycles. The van der Waals surface area contributed by atoms with Gasteiger partial charge in [0.1, 0.15) is 11.5 Å². The lowest BCUT2D eigenvalue weighted by Crippen LogP contribution is -2.44. The molecule has 254 valence electrons. The molecular weight excluding hydrogens is 584 g/mol. The minimum Gasteiger partial charge on any atom is -0.507 e. The van der Waals surface area contributed by atoms with E-state index in [1.807, 2.05) is 13.8 Å². The number of hydrogen-bond donors (Lipinski definition) is 6. The molecule has 6 N–H and O–H groups in total. The number of carbonyl (C=O) groups excluding carboxylic acids is 4. The molecule has 0 spiro atoms. The Morgan fingerprint density at radius 2 is 0.957 bits per heavy atom. The van der Waals surface area contributed by atoms with Crippen LogP contribution < -0.4 is 21.7 Å². The van der Waals surface area contributed by atoms with Crippen LogP contribution in [0.2, 0.25) is 0 Å². The van der Waals surface area contributed by atoms with Crippen molar-refractivity contribution in [2.75, 3.05) is 0 Å². The monoisotopic (exact) mass is 638 g/mol. The third-order valence-corrected chi connectivity index (χ3v) is 8.51. The second-order valence-electron chi connectivity index (χ2n) is 11.9. The molecule has 46 heavy (non-hydrogen) atoms. The number of amides is 4. The van der Waals surface area contributed by atoms with Crippen LogP contribution in [0.1, 0.15) is 137 Å². The van der Waals surface area contributed by atoms with Gasteiger partial charge in [-0.15, -0.1) is 0 Å². The van der Waals surface area contributed by atoms with Gasteiger partial charge < -0.3 is 10.2 Å². The largest absolute Gasteiger partial charge is 0.507 e. The smallest absolute Gasteiger partial charge is 0.273 e. The van der Waals surface area contributed by atoms with Crippen LogP contribution in [-0.2, 0) is 22.4 Å². The SMILES string of the molecule is CCCCCc1cccc(C(=O)NNC(=O)C(CC)CCCCC(CC)C(=O)NNC(=O)c2cccc(CCCCC)c2O)c1O. The van der Waals surface area contributed by atoms with E-state index in [1.54, 1.807) is 24.3 Å². The normalized spacial score (nSPS) is 12.2. The lowest BCUT2D eigenvalue weighted by molar-refractivity contribution is -0.127. The minimum atomic E-state index is -0.572. The van der Waals surface area contributed by atoms with Gasteiger partial charge >= 0.3 is 0 Å². The molecule has 2 atom stereocenters. The zero-order valence-corrected chi connectivity index (χ0v) is 28.0. The fourth-order valence-corrected chi connectivity index (χ4v) is 5.48. The molecule has 2 rings (SSSR count). The summed E-state index contributed by atoms with van der Waals surface area (Å²) in [7, 11) is 0. The molecule has 10 nitrogen and oxygen atoms in total. The number of hydrazine groups is 2. The Kier molecular flexibility index (Phi) is 17.3. The van der Waals surface area contributed by atoms with Crippen LogP contribution in [0.15, 0.2) is 36.4 Å².